The van der Waals surface area contributed by atoms with E-state index in [2.05, 4.69) is 5.32 Å². The van der Waals surface area contributed by atoms with Gasteiger partial charge in [-0.1, -0.05) is 0 Å². The van der Waals surface area contributed by atoms with Gasteiger partial charge in [-0.2, -0.15) is 0 Å². The predicted octanol–water partition coefficient (Wildman–Crippen LogP) is -0.0128. The number of piperidine rings is 1. The highest BCUT2D eigenvalue weighted by atomic mass is 32.2. The van der Waals surface area contributed by atoms with Crippen molar-refractivity contribution in [3.05, 3.63) is 28.8 Å². The van der Waals surface area contributed by atoms with Crippen molar-refractivity contribution >= 4 is 21.8 Å². The molecule has 0 saturated carbocycles. The van der Waals surface area contributed by atoms with E-state index in [0.717, 1.165) is 19.4 Å². The summed E-state index contributed by atoms with van der Waals surface area (Å²) in [4.78, 5) is 28.7. The first-order chi connectivity index (χ1) is 12.7. The van der Waals surface area contributed by atoms with Crippen LogP contribution in [0.25, 0.3) is 0 Å². The molecule has 1 atom stereocenters. The number of carbonyl (C=O) groups excluding carboxylic acids is 2. The molecule has 0 aliphatic carbocycles. The second-order valence-corrected chi connectivity index (χ2v) is 8.80. The molecule has 1 unspecified atom stereocenters. The van der Waals surface area contributed by atoms with Gasteiger partial charge in [-0.3, -0.25) is 9.59 Å². The van der Waals surface area contributed by atoms with Crippen LogP contribution in [0.1, 0.15) is 34.3 Å². The maximum Gasteiger partial charge on any atom is 0.253 e. The summed E-state index contributed by atoms with van der Waals surface area (Å²) in [6, 6.07) is 3.06. The van der Waals surface area contributed by atoms with Crippen LogP contribution in [-0.4, -0.2) is 68.8 Å². The smallest absolute Gasteiger partial charge is 0.253 e. The van der Waals surface area contributed by atoms with E-state index in [1.165, 1.54) is 6.07 Å². The van der Waals surface area contributed by atoms with Crippen LogP contribution in [0.2, 0.25) is 0 Å². The van der Waals surface area contributed by atoms with Gasteiger partial charge in [0.2, 0.25) is 15.9 Å². The van der Waals surface area contributed by atoms with Gasteiger partial charge in [-0.05, 0) is 49.9 Å². The van der Waals surface area contributed by atoms with Crippen LogP contribution in [0.4, 0.5) is 0 Å². The van der Waals surface area contributed by atoms with Crippen molar-refractivity contribution in [2.75, 3.05) is 32.7 Å². The molecule has 27 heavy (non-hydrogen) atoms. The first-order valence-corrected chi connectivity index (χ1v) is 10.7. The zero-order chi connectivity index (χ0) is 19.8. The van der Waals surface area contributed by atoms with E-state index in [1.807, 2.05) is 4.90 Å². The molecule has 2 amide bonds. The average Bonchev–Trinajstić information content (AvgIpc) is 2.62. The number of rotatable bonds is 3. The number of sulfonamides is 1. The minimum Gasteiger partial charge on any atom is -0.337 e. The summed E-state index contributed by atoms with van der Waals surface area (Å²) in [5.41, 5.74) is 1.57. The fraction of sp³-hybridized carbons (Fsp3) is 0.556. The normalized spacial score (nSPS) is 21.4. The van der Waals surface area contributed by atoms with E-state index in [-0.39, 0.29) is 22.8 Å². The second-order valence-electron chi connectivity index (χ2n) is 7.27. The monoisotopic (exact) mass is 394 g/mol. The van der Waals surface area contributed by atoms with Gasteiger partial charge in [-0.15, -0.1) is 0 Å². The van der Waals surface area contributed by atoms with Gasteiger partial charge in [0, 0.05) is 37.8 Å². The molecule has 3 rings (SSSR count). The molecule has 0 radical (unpaired) electrons. The van der Waals surface area contributed by atoms with Crippen molar-refractivity contribution in [2.24, 2.45) is 5.14 Å². The maximum absolute atomic E-state index is 13.0. The van der Waals surface area contributed by atoms with Gasteiger partial charge in [0.1, 0.15) is 0 Å². The molecule has 2 aliphatic heterocycles. The molecular weight excluding hydrogens is 368 g/mol. The Morgan fingerprint density at radius 2 is 2.00 bits per heavy atom. The summed E-state index contributed by atoms with van der Waals surface area (Å²) in [6.45, 7) is 6.22. The topological polar surface area (TPSA) is 113 Å². The Morgan fingerprint density at radius 1 is 1.26 bits per heavy atom. The van der Waals surface area contributed by atoms with Crippen molar-refractivity contribution in [1.82, 2.24) is 15.1 Å². The summed E-state index contributed by atoms with van der Waals surface area (Å²) in [5.74, 6) is -0.168. The molecule has 1 aromatic rings. The molecule has 0 spiro atoms. The van der Waals surface area contributed by atoms with E-state index >= 15 is 0 Å². The SMILES string of the molecule is Cc1cc(C(=O)N2CCCC(N3CCNCC3=O)C2)cc(S(N)(=O)=O)c1C. The fourth-order valence-corrected chi connectivity index (χ4v) is 4.71. The van der Waals surface area contributed by atoms with Gasteiger partial charge < -0.3 is 15.1 Å². The van der Waals surface area contributed by atoms with Crippen LogP contribution in [-0.2, 0) is 14.8 Å². The number of nitrogens with two attached hydrogens (primary N) is 1. The zero-order valence-corrected chi connectivity index (χ0v) is 16.5. The van der Waals surface area contributed by atoms with E-state index in [4.69, 9.17) is 5.14 Å². The molecule has 2 fully saturated rings. The largest absolute Gasteiger partial charge is 0.337 e. The standard InChI is InChI=1S/C18H26N4O4S/c1-12-8-14(9-16(13(12)2)27(19,25)26)18(24)21-6-3-4-15(11-21)22-7-5-20-10-17(22)23/h8-9,15,20H,3-7,10-11H2,1-2H3,(H2,19,25,26). The lowest BCUT2D eigenvalue weighted by atomic mass is 10.0. The highest BCUT2D eigenvalue weighted by Crippen LogP contribution is 2.23. The average molecular weight is 394 g/mol. The number of aryl methyl sites for hydroxylation is 1. The third kappa shape index (κ3) is 4.15. The number of nitrogens with zero attached hydrogens (tertiary/aromatic N) is 2. The van der Waals surface area contributed by atoms with Crippen LogP contribution in [0, 0.1) is 13.8 Å². The number of hydrogen-bond donors (Lipinski definition) is 2. The van der Waals surface area contributed by atoms with Crippen LogP contribution < -0.4 is 10.5 Å². The van der Waals surface area contributed by atoms with Crippen LogP contribution >= 0.6 is 0 Å². The Labute approximate surface area is 159 Å². The molecule has 3 N–H and O–H groups in total. The van der Waals surface area contributed by atoms with Crippen molar-refractivity contribution in [2.45, 2.75) is 37.6 Å². The Hall–Kier alpha value is -1.97. The van der Waals surface area contributed by atoms with Crippen molar-refractivity contribution < 1.29 is 18.0 Å². The third-order valence-electron chi connectivity index (χ3n) is 5.42. The molecule has 2 saturated heterocycles. The minimum atomic E-state index is -3.91. The number of piperazine rings is 1. The molecule has 148 valence electrons. The number of benzene rings is 1. The molecule has 2 heterocycles. The second kappa shape index (κ2) is 7.57. The van der Waals surface area contributed by atoms with Crippen molar-refractivity contribution in [3.63, 3.8) is 0 Å². The number of carbonyl (C=O) groups is 2. The van der Waals surface area contributed by atoms with E-state index in [9.17, 15) is 18.0 Å². The summed E-state index contributed by atoms with van der Waals surface area (Å²) in [5, 5.41) is 8.36. The summed E-state index contributed by atoms with van der Waals surface area (Å²) < 4.78 is 23.7. The molecule has 8 nitrogen and oxygen atoms in total. The van der Waals surface area contributed by atoms with E-state index in [0.29, 0.717) is 42.9 Å². The first-order valence-electron chi connectivity index (χ1n) is 9.12. The Balaban J connectivity index is 1.83. The molecule has 1 aromatic carbocycles. The molecule has 0 aromatic heterocycles. The summed E-state index contributed by atoms with van der Waals surface area (Å²) in [6.07, 6.45) is 1.67. The zero-order valence-electron chi connectivity index (χ0n) is 15.7. The molecule has 9 heteroatoms. The number of primary sulfonamides is 1. The maximum atomic E-state index is 13.0. The predicted molar refractivity (Wildman–Crippen MR) is 101 cm³/mol. The Morgan fingerprint density at radius 3 is 2.67 bits per heavy atom. The molecule has 0 bridgehead atoms. The number of likely N-dealkylation sites (tertiary alicyclic amines) is 1. The number of nitrogens with one attached hydrogen (secondary N) is 1. The van der Waals surface area contributed by atoms with Gasteiger partial charge in [0.25, 0.3) is 5.91 Å². The summed E-state index contributed by atoms with van der Waals surface area (Å²) in [7, 11) is -3.91. The lowest BCUT2D eigenvalue weighted by Gasteiger charge is -2.41. The van der Waals surface area contributed by atoms with Gasteiger partial charge in [0.15, 0.2) is 0 Å². The van der Waals surface area contributed by atoms with Crippen molar-refractivity contribution in [1.29, 1.82) is 0 Å². The van der Waals surface area contributed by atoms with Gasteiger partial charge in [0.05, 0.1) is 11.4 Å². The summed E-state index contributed by atoms with van der Waals surface area (Å²) >= 11 is 0. The lowest BCUT2D eigenvalue weighted by molar-refractivity contribution is -0.135. The number of amides is 2. The molecule has 2 aliphatic rings. The third-order valence-corrected chi connectivity index (χ3v) is 6.46. The molecular formula is C18H26N4O4S. The highest BCUT2D eigenvalue weighted by Gasteiger charge is 2.32. The van der Waals surface area contributed by atoms with Crippen LogP contribution in [0.15, 0.2) is 17.0 Å². The fourth-order valence-electron chi connectivity index (χ4n) is 3.83. The van der Waals surface area contributed by atoms with Crippen LogP contribution in [0.5, 0.6) is 0 Å². The number of hydrogen-bond acceptors (Lipinski definition) is 5. The highest BCUT2D eigenvalue weighted by molar-refractivity contribution is 7.89. The van der Waals surface area contributed by atoms with E-state index in [1.54, 1.807) is 24.8 Å². The van der Waals surface area contributed by atoms with Gasteiger partial charge in [-0.25, -0.2) is 13.6 Å². The Kier molecular flexibility index (Phi) is 5.55. The van der Waals surface area contributed by atoms with E-state index < -0.39 is 10.0 Å². The first kappa shape index (κ1) is 19.8. The lowest BCUT2D eigenvalue weighted by Crippen LogP contribution is -2.57. The van der Waals surface area contributed by atoms with Crippen molar-refractivity contribution in [3.8, 4) is 0 Å². The minimum absolute atomic E-state index is 0.00144. The van der Waals surface area contributed by atoms with Gasteiger partial charge >= 0.3 is 0 Å². The van der Waals surface area contributed by atoms with Crippen LogP contribution in [0.3, 0.4) is 0 Å². The quantitative estimate of drug-likeness (QED) is 0.749. The Bertz CT molecular complexity index is 868.